The van der Waals surface area contributed by atoms with Crippen LogP contribution in [0.25, 0.3) is 0 Å². The van der Waals surface area contributed by atoms with Gasteiger partial charge in [-0.1, -0.05) is 38.1 Å². The van der Waals surface area contributed by atoms with E-state index >= 15 is 0 Å². The molecule has 9 heteroatoms. The van der Waals surface area contributed by atoms with E-state index in [1.54, 1.807) is 4.90 Å². The number of anilines is 1. The lowest BCUT2D eigenvalue weighted by Gasteiger charge is -2.32. The number of sulfonamides is 1. The van der Waals surface area contributed by atoms with Crippen LogP contribution >= 0.6 is 0 Å². The van der Waals surface area contributed by atoms with E-state index in [1.165, 1.54) is 28.6 Å². The molecule has 7 nitrogen and oxygen atoms in total. The van der Waals surface area contributed by atoms with Crippen LogP contribution in [0.5, 0.6) is 0 Å². The zero-order valence-electron chi connectivity index (χ0n) is 21.8. The number of halogens is 1. The zero-order valence-corrected chi connectivity index (χ0v) is 22.6. The van der Waals surface area contributed by atoms with Crippen LogP contribution in [0.2, 0.25) is 0 Å². The summed E-state index contributed by atoms with van der Waals surface area (Å²) in [5.74, 6) is -0.884. The van der Waals surface area contributed by atoms with Crippen LogP contribution < -0.4 is 9.62 Å². The van der Waals surface area contributed by atoms with Gasteiger partial charge in [-0.15, -0.1) is 0 Å². The third-order valence-corrected chi connectivity index (χ3v) is 7.45. The highest BCUT2D eigenvalue weighted by Gasteiger charge is 2.29. The van der Waals surface area contributed by atoms with Crippen molar-refractivity contribution >= 4 is 27.5 Å². The molecule has 0 saturated carbocycles. The maximum atomic E-state index is 13.5. The van der Waals surface area contributed by atoms with E-state index in [1.807, 2.05) is 52.0 Å². The minimum atomic E-state index is -3.63. The van der Waals surface area contributed by atoms with Crippen molar-refractivity contribution in [3.05, 3.63) is 65.5 Å². The normalized spacial score (nSPS) is 13.1. The van der Waals surface area contributed by atoms with Crippen molar-refractivity contribution in [1.29, 1.82) is 0 Å². The van der Waals surface area contributed by atoms with Crippen LogP contribution in [-0.4, -0.2) is 50.0 Å². The SMILES string of the molecule is CC[C@H](C(=O)N[C@@H](C)CC)N(Cc1ccccc1C)C(=O)CCCN(c1ccc(F)cc1)S(C)(=O)=O. The second kappa shape index (κ2) is 13.4. The summed E-state index contributed by atoms with van der Waals surface area (Å²) in [6.45, 7) is 8.09. The Bertz CT molecular complexity index is 1120. The first kappa shape index (κ1) is 29.3. The van der Waals surface area contributed by atoms with Crippen molar-refractivity contribution in [2.75, 3.05) is 17.1 Å². The van der Waals surface area contributed by atoms with Crippen LogP contribution in [0, 0.1) is 12.7 Å². The first-order valence-electron chi connectivity index (χ1n) is 12.4. The summed E-state index contributed by atoms with van der Waals surface area (Å²) in [6.07, 6.45) is 2.61. The summed E-state index contributed by atoms with van der Waals surface area (Å²) < 4.78 is 39.2. The molecule has 2 aromatic rings. The molecule has 0 aliphatic carbocycles. The fourth-order valence-electron chi connectivity index (χ4n) is 3.94. The summed E-state index contributed by atoms with van der Waals surface area (Å²) in [5, 5.41) is 2.99. The van der Waals surface area contributed by atoms with E-state index in [4.69, 9.17) is 0 Å². The molecule has 198 valence electrons. The van der Waals surface area contributed by atoms with Crippen molar-refractivity contribution in [2.24, 2.45) is 0 Å². The molecule has 0 unspecified atom stereocenters. The Morgan fingerprint density at radius 2 is 1.67 bits per heavy atom. The van der Waals surface area contributed by atoms with Crippen molar-refractivity contribution in [3.63, 3.8) is 0 Å². The molecule has 0 radical (unpaired) electrons. The van der Waals surface area contributed by atoms with E-state index < -0.39 is 21.9 Å². The number of rotatable bonds is 13. The van der Waals surface area contributed by atoms with Gasteiger partial charge in [0, 0.05) is 25.6 Å². The van der Waals surface area contributed by atoms with Gasteiger partial charge in [-0.05, 0) is 68.5 Å². The molecule has 0 bridgehead atoms. The van der Waals surface area contributed by atoms with Crippen molar-refractivity contribution in [3.8, 4) is 0 Å². The van der Waals surface area contributed by atoms with Gasteiger partial charge in [0.25, 0.3) is 0 Å². The van der Waals surface area contributed by atoms with Gasteiger partial charge in [-0.2, -0.15) is 0 Å². The van der Waals surface area contributed by atoms with Crippen LogP contribution in [-0.2, 0) is 26.2 Å². The number of carbonyl (C=O) groups excluding carboxylic acids is 2. The van der Waals surface area contributed by atoms with Crippen LogP contribution in [0.1, 0.15) is 57.6 Å². The highest BCUT2D eigenvalue weighted by atomic mass is 32.2. The van der Waals surface area contributed by atoms with Gasteiger partial charge in [0.15, 0.2) is 0 Å². The van der Waals surface area contributed by atoms with Gasteiger partial charge < -0.3 is 10.2 Å². The molecule has 0 saturated heterocycles. The molecule has 2 atom stereocenters. The minimum Gasteiger partial charge on any atom is -0.352 e. The van der Waals surface area contributed by atoms with Gasteiger partial charge in [-0.3, -0.25) is 13.9 Å². The standard InChI is InChI=1S/C27H38FN3O4S/c1-6-21(4)29-27(33)25(7-2)30(19-22-12-9-8-11-20(22)3)26(32)13-10-18-31(36(5,34)35)24-16-14-23(28)15-17-24/h8-9,11-12,14-17,21,25H,6-7,10,13,18-19H2,1-5H3,(H,29,33)/t21-,25+/m0/s1. The Morgan fingerprint density at radius 1 is 1.03 bits per heavy atom. The molecule has 0 aliphatic heterocycles. The number of nitrogens with one attached hydrogen (secondary N) is 1. The Labute approximate surface area is 214 Å². The molecule has 0 fully saturated rings. The van der Waals surface area contributed by atoms with E-state index in [2.05, 4.69) is 5.32 Å². The Hall–Kier alpha value is -2.94. The van der Waals surface area contributed by atoms with Gasteiger partial charge in [0.1, 0.15) is 11.9 Å². The average Bonchev–Trinajstić information content (AvgIpc) is 2.82. The molecule has 2 aromatic carbocycles. The second-order valence-electron chi connectivity index (χ2n) is 9.11. The average molecular weight is 520 g/mol. The maximum absolute atomic E-state index is 13.5. The summed E-state index contributed by atoms with van der Waals surface area (Å²) in [5.41, 5.74) is 2.30. The fraction of sp³-hybridized carbons (Fsp3) is 0.481. The molecule has 2 amide bonds. The van der Waals surface area contributed by atoms with Gasteiger partial charge in [0.2, 0.25) is 21.8 Å². The van der Waals surface area contributed by atoms with E-state index in [0.29, 0.717) is 12.1 Å². The number of benzene rings is 2. The smallest absolute Gasteiger partial charge is 0.243 e. The highest BCUT2D eigenvalue weighted by Crippen LogP contribution is 2.20. The molecule has 36 heavy (non-hydrogen) atoms. The van der Waals surface area contributed by atoms with Gasteiger partial charge >= 0.3 is 0 Å². The van der Waals surface area contributed by atoms with E-state index in [-0.39, 0.29) is 43.8 Å². The summed E-state index contributed by atoms with van der Waals surface area (Å²) in [7, 11) is -3.63. The van der Waals surface area contributed by atoms with Gasteiger partial charge in [-0.25, -0.2) is 12.8 Å². The minimum absolute atomic E-state index is 0.0130. The lowest BCUT2D eigenvalue weighted by atomic mass is 10.0. The topological polar surface area (TPSA) is 86.8 Å². The van der Waals surface area contributed by atoms with Crippen LogP contribution in [0.3, 0.4) is 0 Å². The number of hydrogen-bond donors (Lipinski definition) is 1. The van der Waals surface area contributed by atoms with Crippen LogP contribution in [0.4, 0.5) is 10.1 Å². The van der Waals surface area contributed by atoms with E-state index in [0.717, 1.165) is 23.8 Å². The van der Waals surface area contributed by atoms with Crippen LogP contribution in [0.15, 0.2) is 48.5 Å². The molecule has 0 heterocycles. The molecule has 2 rings (SSSR count). The zero-order chi connectivity index (χ0) is 26.9. The highest BCUT2D eigenvalue weighted by molar-refractivity contribution is 7.92. The molecule has 1 N–H and O–H groups in total. The lowest BCUT2D eigenvalue weighted by molar-refractivity contribution is -0.141. The number of amides is 2. The monoisotopic (exact) mass is 519 g/mol. The first-order valence-corrected chi connectivity index (χ1v) is 14.2. The predicted octanol–water partition coefficient (Wildman–Crippen LogP) is 4.40. The first-order chi connectivity index (χ1) is 17.0. The number of hydrogen-bond acceptors (Lipinski definition) is 4. The second-order valence-corrected chi connectivity index (χ2v) is 11.0. The maximum Gasteiger partial charge on any atom is 0.243 e. The Kier molecular flexibility index (Phi) is 10.9. The summed E-state index contributed by atoms with van der Waals surface area (Å²) in [6, 6.07) is 12.3. The summed E-state index contributed by atoms with van der Waals surface area (Å²) >= 11 is 0. The van der Waals surface area contributed by atoms with Crippen molar-refractivity contribution in [1.82, 2.24) is 10.2 Å². The molecular weight excluding hydrogens is 481 g/mol. The Morgan fingerprint density at radius 3 is 2.22 bits per heavy atom. The third kappa shape index (κ3) is 8.33. The van der Waals surface area contributed by atoms with E-state index in [9.17, 15) is 22.4 Å². The lowest BCUT2D eigenvalue weighted by Crippen LogP contribution is -2.50. The Balaban J connectivity index is 2.23. The van der Waals surface area contributed by atoms with Gasteiger partial charge in [0.05, 0.1) is 11.9 Å². The van der Waals surface area contributed by atoms with Crippen molar-refractivity contribution in [2.45, 2.75) is 72.0 Å². The molecule has 0 aliphatic rings. The quantitative estimate of drug-likeness (QED) is 0.425. The molecule has 0 aromatic heterocycles. The summed E-state index contributed by atoms with van der Waals surface area (Å²) in [4.78, 5) is 28.1. The van der Waals surface area contributed by atoms with Crippen molar-refractivity contribution < 1.29 is 22.4 Å². The number of nitrogens with zero attached hydrogens (tertiary/aromatic N) is 2. The number of carbonyl (C=O) groups is 2. The fourth-order valence-corrected chi connectivity index (χ4v) is 4.91. The third-order valence-electron chi connectivity index (χ3n) is 6.26. The largest absolute Gasteiger partial charge is 0.352 e. The molecule has 0 spiro atoms. The number of aryl methyl sites for hydroxylation is 1. The molecular formula is C27H38FN3O4S. The predicted molar refractivity (Wildman–Crippen MR) is 142 cm³/mol.